The standard InChI is InChI=1S/C21H26ClNO2/c1-4-15(2)17-7-10-19(11-8-17)23-21(24)6-5-13-25-20-12-9-18(22)14-16(20)3/h7-12,14-15H,4-6,13H2,1-3H3,(H,23,24)/t15-/m0/s1. The molecular weight excluding hydrogens is 334 g/mol. The maximum absolute atomic E-state index is 12.0. The Hall–Kier alpha value is -2.00. The van der Waals surface area contributed by atoms with E-state index in [-0.39, 0.29) is 5.91 Å². The summed E-state index contributed by atoms with van der Waals surface area (Å²) >= 11 is 5.92. The highest BCUT2D eigenvalue weighted by atomic mass is 35.5. The summed E-state index contributed by atoms with van der Waals surface area (Å²) in [5.74, 6) is 1.36. The number of carbonyl (C=O) groups excluding carboxylic acids is 1. The van der Waals surface area contributed by atoms with E-state index in [2.05, 4.69) is 31.3 Å². The molecule has 0 spiro atoms. The molecular formula is C21H26ClNO2. The first-order chi connectivity index (χ1) is 12.0. The number of carbonyl (C=O) groups is 1. The van der Waals surface area contributed by atoms with Gasteiger partial charge in [-0.15, -0.1) is 0 Å². The van der Waals surface area contributed by atoms with Gasteiger partial charge in [0.15, 0.2) is 0 Å². The Kier molecular flexibility index (Phi) is 7.32. The van der Waals surface area contributed by atoms with E-state index in [4.69, 9.17) is 16.3 Å². The van der Waals surface area contributed by atoms with E-state index >= 15 is 0 Å². The average Bonchev–Trinajstić information content (AvgIpc) is 2.60. The van der Waals surface area contributed by atoms with Crippen LogP contribution in [0.15, 0.2) is 42.5 Å². The van der Waals surface area contributed by atoms with Crippen molar-refractivity contribution in [2.75, 3.05) is 11.9 Å². The van der Waals surface area contributed by atoms with Crippen molar-refractivity contribution in [1.82, 2.24) is 0 Å². The van der Waals surface area contributed by atoms with Crippen LogP contribution >= 0.6 is 11.6 Å². The molecule has 3 nitrogen and oxygen atoms in total. The third kappa shape index (κ3) is 6.09. The van der Waals surface area contributed by atoms with E-state index in [1.165, 1.54) is 5.56 Å². The van der Waals surface area contributed by atoms with E-state index in [0.29, 0.717) is 30.4 Å². The van der Waals surface area contributed by atoms with Gasteiger partial charge >= 0.3 is 0 Å². The minimum absolute atomic E-state index is 0.00715. The Bertz CT molecular complexity index is 698. The topological polar surface area (TPSA) is 38.3 Å². The van der Waals surface area contributed by atoms with Crippen LogP contribution in [0.1, 0.15) is 50.2 Å². The monoisotopic (exact) mass is 359 g/mol. The number of benzene rings is 2. The molecule has 0 saturated carbocycles. The molecule has 0 aliphatic rings. The van der Waals surface area contributed by atoms with Gasteiger partial charge in [0, 0.05) is 17.1 Å². The van der Waals surface area contributed by atoms with Gasteiger partial charge in [-0.2, -0.15) is 0 Å². The van der Waals surface area contributed by atoms with Crippen LogP contribution in [0.3, 0.4) is 0 Å². The van der Waals surface area contributed by atoms with Gasteiger partial charge in [-0.05, 0) is 67.1 Å². The zero-order chi connectivity index (χ0) is 18.2. The van der Waals surface area contributed by atoms with Crippen LogP contribution in [0.2, 0.25) is 5.02 Å². The van der Waals surface area contributed by atoms with Crippen LogP contribution in [0.25, 0.3) is 0 Å². The molecule has 0 aliphatic carbocycles. The summed E-state index contributed by atoms with van der Waals surface area (Å²) in [6.45, 7) is 6.84. The van der Waals surface area contributed by atoms with Gasteiger partial charge in [0.05, 0.1) is 6.61 Å². The summed E-state index contributed by atoms with van der Waals surface area (Å²) in [4.78, 5) is 12.0. The molecule has 0 unspecified atom stereocenters. The highest BCUT2D eigenvalue weighted by Crippen LogP contribution is 2.22. The lowest BCUT2D eigenvalue weighted by molar-refractivity contribution is -0.116. The van der Waals surface area contributed by atoms with Crippen molar-refractivity contribution < 1.29 is 9.53 Å². The van der Waals surface area contributed by atoms with Gasteiger partial charge < -0.3 is 10.1 Å². The van der Waals surface area contributed by atoms with E-state index in [1.54, 1.807) is 6.07 Å². The van der Waals surface area contributed by atoms with Crippen molar-refractivity contribution in [3.05, 3.63) is 58.6 Å². The molecule has 2 rings (SSSR count). The minimum atomic E-state index is 0.00715. The van der Waals surface area contributed by atoms with Crippen molar-refractivity contribution in [2.45, 2.75) is 46.0 Å². The van der Waals surface area contributed by atoms with Crippen LogP contribution in [-0.2, 0) is 4.79 Å². The smallest absolute Gasteiger partial charge is 0.224 e. The molecule has 25 heavy (non-hydrogen) atoms. The number of nitrogens with one attached hydrogen (secondary N) is 1. The molecule has 1 atom stereocenters. The lowest BCUT2D eigenvalue weighted by atomic mass is 9.99. The third-order valence-electron chi connectivity index (χ3n) is 4.32. The zero-order valence-corrected chi connectivity index (χ0v) is 15.9. The van der Waals surface area contributed by atoms with Gasteiger partial charge in [-0.25, -0.2) is 0 Å². The number of anilines is 1. The second-order valence-corrected chi connectivity index (χ2v) is 6.78. The fourth-order valence-electron chi connectivity index (χ4n) is 2.54. The first-order valence-corrected chi connectivity index (χ1v) is 9.16. The van der Waals surface area contributed by atoms with Gasteiger partial charge in [-0.1, -0.05) is 37.6 Å². The number of hydrogen-bond donors (Lipinski definition) is 1. The van der Waals surface area contributed by atoms with Crippen LogP contribution < -0.4 is 10.1 Å². The fraction of sp³-hybridized carbons (Fsp3) is 0.381. The molecule has 0 saturated heterocycles. The highest BCUT2D eigenvalue weighted by molar-refractivity contribution is 6.30. The molecule has 0 fully saturated rings. The van der Waals surface area contributed by atoms with Crippen molar-refractivity contribution in [3.8, 4) is 5.75 Å². The SMILES string of the molecule is CC[C@H](C)c1ccc(NC(=O)CCCOc2ccc(Cl)cc2C)cc1. The molecule has 0 radical (unpaired) electrons. The molecule has 0 aliphatic heterocycles. The van der Waals surface area contributed by atoms with Crippen molar-refractivity contribution in [3.63, 3.8) is 0 Å². The summed E-state index contributed by atoms with van der Waals surface area (Å²) < 4.78 is 5.71. The molecule has 2 aromatic carbocycles. The van der Waals surface area contributed by atoms with Gasteiger partial charge in [0.1, 0.15) is 5.75 Å². The summed E-state index contributed by atoms with van der Waals surface area (Å²) in [5.41, 5.74) is 3.14. The maximum atomic E-state index is 12.0. The number of hydrogen-bond acceptors (Lipinski definition) is 2. The third-order valence-corrected chi connectivity index (χ3v) is 4.55. The molecule has 0 heterocycles. The number of halogens is 1. The van der Waals surface area contributed by atoms with E-state index in [9.17, 15) is 4.79 Å². The quantitative estimate of drug-likeness (QED) is 0.590. The van der Waals surface area contributed by atoms with E-state index in [1.807, 2.05) is 31.2 Å². The Balaban J connectivity index is 1.73. The minimum Gasteiger partial charge on any atom is -0.493 e. The molecule has 1 N–H and O–H groups in total. The molecule has 1 amide bonds. The maximum Gasteiger partial charge on any atom is 0.224 e. The predicted molar refractivity (Wildman–Crippen MR) is 105 cm³/mol. The summed E-state index contributed by atoms with van der Waals surface area (Å²) in [7, 11) is 0. The Morgan fingerprint density at radius 1 is 1.20 bits per heavy atom. The van der Waals surface area contributed by atoms with Crippen LogP contribution in [0.4, 0.5) is 5.69 Å². The van der Waals surface area contributed by atoms with Crippen LogP contribution in [-0.4, -0.2) is 12.5 Å². The predicted octanol–water partition coefficient (Wildman–Crippen LogP) is 5.96. The lowest BCUT2D eigenvalue weighted by Crippen LogP contribution is -2.13. The zero-order valence-electron chi connectivity index (χ0n) is 15.1. The summed E-state index contributed by atoms with van der Waals surface area (Å²) in [6.07, 6.45) is 2.21. The van der Waals surface area contributed by atoms with Crippen molar-refractivity contribution in [1.29, 1.82) is 0 Å². The van der Waals surface area contributed by atoms with Crippen molar-refractivity contribution >= 4 is 23.2 Å². The molecule has 0 aromatic heterocycles. The number of rotatable bonds is 8. The van der Waals surface area contributed by atoms with Gasteiger partial charge in [-0.3, -0.25) is 4.79 Å². The molecule has 4 heteroatoms. The van der Waals surface area contributed by atoms with E-state index in [0.717, 1.165) is 23.4 Å². The second-order valence-electron chi connectivity index (χ2n) is 6.34. The second kappa shape index (κ2) is 9.47. The Morgan fingerprint density at radius 3 is 2.56 bits per heavy atom. The number of ether oxygens (including phenoxy) is 1. The van der Waals surface area contributed by atoms with Gasteiger partial charge in [0.25, 0.3) is 0 Å². The first kappa shape index (κ1) is 19.3. The van der Waals surface area contributed by atoms with E-state index < -0.39 is 0 Å². The fourth-order valence-corrected chi connectivity index (χ4v) is 2.77. The summed E-state index contributed by atoms with van der Waals surface area (Å²) in [5, 5.41) is 3.63. The Labute approximate surface area is 155 Å². The van der Waals surface area contributed by atoms with Crippen molar-refractivity contribution in [2.24, 2.45) is 0 Å². The number of aryl methyl sites for hydroxylation is 1. The van der Waals surface area contributed by atoms with Crippen LogP contribution in [0.5, 0.6) is 5.75 Å². The van der Waals surface area contributed by atoms with Crippen LogP contribution in [0, 0.1) is 6.92 Å². The first-order valence-electron chi connectivity index (χ1n) is 8.78. The number of amides is 1. The average molecular weight is 360 g/mol. The largest absolute Gasteiger partial charge is 0.493 e. The molecule has 134 valence electrons. The highest BCUT2D eigenvalue weighted by Gasteiger charge is 2.06. The summed E-state index contributed by atoms with van der Waals surface area (Å²) in [6, 6.07) is 13.6. The molecule has 2 aromatic rings. The van der Waals surface area contributed by atoms with Gasteiger partial charge in [0.2, 0.25) is 5.91 Å². The molecule has 0 bridgehead atoms. The Morgan fingerprint density at radius 2 is 1.92 bits per heavy atom. The lowest BCUT2D eigenvalue weighted by Gasteiger charge is -2.11. The normalized spacial score (nSPS) is 11.8.